The SMILES string of the molecule is C=Cc1ccccc1Cn1nc(N)nc1N. The molecule has 0 aliphatic rings. The molecular formula is C11H13N5. The van der Waals surface area contributed by atoms with Gasteiger partial charge in [-0.2, -0.15) is 4.98 Å². The van der Waals surface area contributed by atoms with E-state index in [4.69, 9.17) is 11.5 Å². The van der Waals surface area contributed by atoms with E-state index in [-0.39, 0.29) is 5.95 Å². The summed E-state index contributed by atoms with van der Waals surface area (Å²) in [4.78, 5) is 3.84. The number of aromatic nitrogens is 3. The molecule has 82 valence electrons. The summed E-state index contributed by atoms with van der Waals surface area (Å²) in [6.45, 7) is 4.30. The molecule has 4 N–H and O–H groups in total. The minimum Gasteiger partial charge on any atom is -0.368 e. The largest absolute Gasteiger partial charge is 0.368 e. The molecule has 5 heteroatoms. The second-order valence-electron chi connectivity index (χ2n) is 3.39. The van der Waals surface area contributed by atoms with Crippen LogP contribution in [0.2, 0.25) is 0 Å². The molecule has 0 saturated carbocycles. The van der Waals surface area contributed by atoms with Crippen LogP contribution in [0.4, 0.5) is 11.9 Å². The van der Waals surface area contributed by atoms with E-state index in [0.29, 0.717) is 12.5 Å². The Bertz CT molecular complexity index is 515. The molecule has 0 atom stereocenters. The molecule has 2 aromatic rings. The van der Waals surface area contributed by atoms with Crippen LogP contribution in [-0.2, 0) is 6.54 Å². The predicted octanol–water partition coefficient (Wildman–Crippen LogP) is 1.13. The number of hydrogen-bond acceptors (Lipinski definition) is 4. The highest BCUT2D eigenvalue weighted by Gasteiger charge is 2.06. The average molecular weight is 215 g/mol. The second kappa shape index (κ2) is 4.06. The number of nitrogens with zero attached hydrogens (tertiary/aromatic N) is 3. The molecule has 1 aromatic heterocycles. The zero-order valence-corrected chi connectivity index (χ0v) is 8.80. The van der Waals surface area contributed by atoms with Crippen LogP contribution in [0, 0.1) is 0 Å². The lowest BCUT2D eigenvalue weighted by Gasteiger charge is -2.06. The number of benzene rings is 1. The Labute approximate surface area is 93.4 Å². The Hall–Kier alpha value is -2.30. The molecule has 0 aliphatic heterocycles. The van der Waals surface area contributed by atoms with Gasteiger partial charge in [-0.25, -0.2) is 4.68 Å². The van der Waals surface area contributed by atoms with E-state index in [1.54, 1.807) is 10.8 Å². The first-order chi connectivity index (χ1) is 7.70. The monoisotopic (exact) mass is 215 g/mol. The summed E-state index contributed by atoms with van der Waals surface area (Å²) in [7, 11) is 0. The highest BCUT2D eigenvalue weighted by atomic mass is 15.4. The van der Waals surface area contributed by atoms with E-state index in [2.05, 4.69) is 16.7 Å². The molecule has 5 nitrogen and oxygen atoms in total. The van der Waals surface area contributed by atoms with Crippen LogP contribution in [0.15, 0.2) is 30.8 Å². The number of hydrogen-bond donors (Lipinski definition) is 2. The molecule has 0 saturated heterocycles. The Balaban J connectivity index is 2.33. The molecule has 0 aliphatic carbocycles. The van der Waals surface area contributed by atoms with Crippen LogP contribution in [-0.4, -0.2) is 14.8 Å². The standard InChI is InChI=1S/C11H13N5/c1-2-8-5-3-4-6-9(8)7-16-11(13)14-10(12)15-16/h2-6H,1,7H2,(H4,12,13,14,15). The van der Waals surface area contributed by atoms with E-state index >= 15 is 0 Å². The van der Waals surface area contributed by atoms with Crippen molar-refractivity contribution in [3.05, 3.63) is 42.0 Å². The molecule has 0 radical (unpaired) electrons. The van der Waals surface area contributed by atoms with Gasteiger partial charge in [-0.3, -0.25) is 0 Å². The van der Waals surface area contributed by atoms with Crippen LogP contribution in [0.3, 0.4) is 0 Å². The Kier molecular flexibility index (Phi) is 2.59. The quantitative estimate of drug-likeness (QED) is 0.804. The van der Waals surface area contributed by atoms with Crippen molar-refractivity contribution in [2.45, 2.75) is 6.54 Å². The van der Waals surface area contributed by atoms with Gasteiger partial charge in [-0.15, -0.1) is 5.10 Å². The lowest BCUT2D eigenvalue weighted by molar-refractivity contribution is 0.698. The van der Waals surface area contributed by atoms with E-state index < -0.39 is 0 Å². The van der Waals surface area contributed by atoms with Crippen molar-refractivity contribution in [2.75, 3.05) is 11.5 Å². The van der Waals surface area contributed by atoms with E-state index in [1.807, 2.05) is 24.3 Å². The third kappa shape index (κ3) is 1.88. The van der Waals surface area contributed by atoms with Gasteiger partial charge in [-0.1, -0.05) is 36.9 Å². The molecule has 0 amide bonds. The van der Waals surface area contributed by atoms with Gasteiger partial charge in [0.25, 0.3) is 0 Å². The van der Waals surface area contributed by atoms with Gasteiger partial charge in [0, 0.05) is 0 Å². The van der Waals surface area contributed by atoms with Crippen molar-refractivity contribution in [3.8, 4) is 0 Å². The fraction of sp³-hybridized carbons (Fsp3) is 0.0909. The summed E-state index contributed by atoms with van der Waals surface area (Å²) >= 11 is 0. The molecule has 1 heterocycles. The number of rotatable bonds is 3. The maximum absolute atomic E-state index is 5.66. The molecular weight excluding hydrogens is 202 g/mol. The van der Waals surface area contributed by atoms with E-state index in [0.717, 1.165) is 11.1 Å². The van der Waals surface area contributed by atoms with Crippen molar-refractivity contribution < 1.29 is 0 Å². The molecule has 2 rings (SSSR count). The summed E-state index contributed by atoms with van der Waals surface area (Å²) in [6.07, 6.45) is 1.80. The molecule has 1 aromatic carbocycles. The topological polar surface area (TPSA) is 82.8 Å². The van der Waals surface area contributed by atoms with Crippen molar-refractivity contribution in [3.63, 3.8) is 0 Å². The second-order valence-corrected chi connectivity index (χ2v) is 3.39. The zero-order chi connectivity index (χ0) is 11.5. The van der Waals surface area contributed by atoms with Crippen molar-refractivity contribution in [1.29, 1.82) is 0 Å². The normalized spacial score (nSPS) is 10.2. The Morgan fingerprint density at radius 3 is 2.69 bits per heavy atom. The minimum absolute atomic E-state index is 0.189. The first-order valence-corrected chi connectivity index (χ1v) is 4.87. The summed E-state index contributed by atoms with van der Waals surface area (Å²) in [5.74, 6) is 0.505. The summed E-state index contributed by atoms with van der Waals surface area (Å²) in [5.41, 5.74) is 13.3. The van der Waals surface area contributed by atoms with Crippen LogP contribution < -0.4 is 11.5 Å². The molecule has 0 spiro atoms. The van der Waals surface area contributed by atoms with Crippen LogP contribution in [0.5, 0.6) is 0 Å². The lowest BCUT2D eigenvalue weighted by atomic mass is 10.1. The van der Waals surface area contributed by atoms with Gasteiger partial charge >= 0.3 is 0 Å². The zero-order valence-electron chi connectivity index (χ0n) is 8.80. The van der Waals surface area contributed by atoms with E-state index in [1.165, 1.54) is 0 Å². The van der Waals surface area contributed by atoms with Gasteiger partial charge in [0.15, 0.2) is 0 Å². The number of anilines is 2. The maximum Gasteiger partial charge on any atom is 0.241 e. The van der Waals surface area contributed by atoms with Crippen molar-refractivity contribution >= 4 is 18.0 Å². The number of nitrogen functional groups attached to an aromatic ring is 2. The van der Waals surface area contributed by atoms with Gasteiger partial charge in [0.2, 0.25) is 11.9 Å². The summed E-state index contributed by atoms with van der Waals surface area (Å²) in [5, 5.41) is 4.00. The molecule has 16 heavy (non-hydrogen) atoms. The number of nitrogens with two attached hydrogens (primary N) is 2. The van der Waals surface area contributed by atoms with Crippen molar-refractivity contribution in [1.82, 2.24) is 14.8 Å². The Morgan fingerprint density at radius 1 is 1.31 bits per heavy atom. The molecule has 0 unspecified atom stereocenters. The smallest absolute Gasteiger partial charge is 0.241 e. The van der Waals surface area contributed by atoms with Gasteiger partial charge in [-0.05, 0) is 11.1 Å². The van der Waals surface area contributed by atoms with Crippen molar-refractivity contribution in [2.24, 2.45) is 0 Å². The highest BCUT2D eigenvalue weighted by Crippen LogP contribution is 2.13. The lowest BCUT2D eigenvalue weighted by Crippen LogP contribution is -2.07. The third-order valence-corrected chi connectivity index (χ3v) is 2.31. The first kappa shape index (κ1) is 10.2. The van der Waals surface area contributed by atoms with Gasteiger partial charge in [0.1, 0.15) is 0 Å². The Morgan fingerprint density at radius 2 is 2.06 bits per heavy atom. The first-order valence-electron chi connectivity index (χ1n) is 4.87. The van der Waals surface area contributed by atoms with Crippen LogP contribution in [0.25, 0.3) is 6.08 Å². The van der Waals surface area contributed by atoms with E-state index in [9.17, 15) is 0 Å². The molecule has 0 fully saturated rings. The predicted molar refractivity (Wildman–Crippen MR) is 64.5 cm³/mol. The fourth-order valence-electron chi connectivity index (χ4n) is 1.53. The summed E-state index contributed by atoms with van der Waals surface area (Å²) in [6, 6.07) is 7.89. The summed E-state index contributed by atoms with van der Waals surface area (Å²) < 4.78 is 1.57. The van der Waals surface area contributed by atoms with Crippen LogP contribution >= 0.6 is 0 Å². The van der Waals surface area contributed by atoms with Crippen LogP contribution in [0.1, 0.15) is 11.1 Å². The third-order valence-electron chi connectivity index (χ3n) is 2.31. The van der Waals surface area contributed by atoms with Gasteiger partial charge < -0.3 is 11.5 Å². The molecule has 0 bridgehead atoms. The maximum atomic E-state index is 5.66. The fourth-order valence-corrected chi connectivity index (χ4v) is 1.53. The highest BCUT2D eigenvalue weighted by molar-refractivity contribution is 5.51. The minimum atomic E-state index is 0.189. The average Bonchev–Trinajstić information content (AvgIpc) is 2.58. The van der Waals surface area contributed by atoms with Gasteiger partial charge in [0.05, 0.1) is 6.54 Å².